The first-order valence-corrected chi connectivity index (χ1v) is 8.04. The highest BCUT2D eigenvalue weighted by atomic mass is 16.5. The van der Waals surface area contributed by atoms with Crippen LogP contribution >= 0.6 is 0 Å². The van der Waals surface area contributed by atoms with Crippen LogP contribution in [0.5, 0.6) is 11.5 Å². The van der Waals surface area contributed by atoms with Crippen LogP contribution < -0.4 is 10.1 Å². The van der Waals surface area contributed by atoms with Crippen LogP contribution in [-0.2, 0) is 13.2 Å². The van der Waals surface area contributed by atoms with E-state index in [9.17, 15) is 9.90 Å². The molecule has 0 unspecified atom stereocenters. The van der Waals surface area contributed by atoms with Crippen molar-refractivity contribution in [2.75, 3.05) is 0 Å². The average Bonchev–Trinajstić information content (AvgIpc) is 2.66. The number of benzene rings is 3. The predicted octanol–water partition coefficient (Wildman–Crippen LogP) is 3.90. The first-order valence-electron chi connectivity index (χ1n) is 8.04. The molecule has 0 saturated carbocycles. The van der Waals surface area contributed by atoms with Gasteiger partial charge < -0.3 is 15.2 Å². The van der Waals surface area contributed by atoms with E-state index in [0.29, 0.717) is 23.5 Å². The quantitative estimate of drug-likeness (QED) is 0.719. The number of rotatable bonds is 6. The fourth-order valence-corrected chi connectivity index (χ4v) is 2.41. The van der Waals surface area contributed by atoms with Crippen LogP contribution in [0.4, 0.5) is 0 Å². The van der Waals surface area contributed by atoms with Gasteiger partial charge in [0, 0.05) is 17.7 Å². The number of para-hydroxylation sites is 1. The monoisotopic (exact) mass is 333 g/mol. The number of amides is 1. The summed E-state index contributed by atoms with van der Waals surface area (Å²) in [5, 5.41) is 12.5. The minimum Gasteiger partial charge on any atom is -0.508 e. The topological polar surface area (TPSA) is 58.6 Å². The summed E-state index contributed by atoms with van der Waals surface area (Å²) in [7, 11) is 0. The van der Waals surface area contributed by atoms with E-state index in [4.69, 9.17) is 4.74 Å². The summed E-state index contributed by atoms with van der Waals surface area (Å²) < 4.78 is 5.74. The molecule has 3 aromatic rings. The number of carbonyl (C=O) groups excluding carboxylic acids is 1. The smallest absolute Gasteiger partial charge is 0.251 e. The van der Waals surface area contributed by atoms with Crippen molar-refractivity contribution >= 4 is 5.91 Å². The van der Waals surface area contributed by atoms with Crippen molar-refractivity contribution in [2.24, 2.45) is 0 Å². The highest BCUT2D eigenvalue weighted by Crippen LogP contribution is 2.17. The minimum absolute atomic E-state index is 0.169. The normalized spacial score (nSPS) is 10.2. The molecule has 0 aliphatic heterocycles. The zero-order valence-electron chi connectivity index (χ0n) is 13.7. The van der Waals surface area contributed by atoms with Gasteiger partial charge in [0.05, 0.1) is 0 Å². The summed E-state index contributed by atoms with van der Waals surface area (Å²) in [6.45, 7) is 0.713. The average molecular weight is 333 g/mol. The van der Waals surface area contributed by atoms with Crippen LogP contribution in [0.25, 0.3) is 0 Å². The third kappa shape index (κ3) is 4.61. The Balaban J connectivity index is 1.60. The molecular formula is C21H19NO3. The van der Waals surface area contributed by atoms with Gasteiger partial charge in [-0.3, -0.25) is 4.79 Å². The van der Waals surface area contributed by atoms with Gasteiger partial charge in [-0.2, -0.15) is 0 Å². The number of phenolic OH excluding ortho intramolecular Hbond substituents is 1. The number of ether oxygens (including phenoxy) is 1. The summed E-state index contributed by atoms with van der Waals surface area (Å²) in [6, 6.07) is 23.8. The Hall–Kier alpha value is -3.27. The first kappa shape index (κ1) is 16.6. The Kier molecular flexibility index (Phi) is 5.32. The van der Waals surface area contributed by atoms with Gasteiger partial charge in [-0.1, -0.05) is 54.6 Å². The minimum atomic E-state index is -0.214. The van der Waals surface area contributed by atoms with E-state index in [-0.39, 0.29) is 18.2 Å². The van der Waals surface area contributed by atoms with Gasteiger partial charge in [-0.05, 0) is 29.8 Å². The molecule has 126 valence electrons. The number of carbonyl (C=O) groups is 1. The number of hydrogen-bond donors (Lipinski definition) is 2. The van der Waals surface area contributed by atoms with Gasteiger partial charge in [0.25, 0.3) is 5.91 Å². The molecule has 4 heteroatoms. The number of nitrogens with one attached hydrogen (secondary N) is 1. The fourth-order valence-electron chi connectivity index (χ4n) is 2.41. The second kappa shape index (κ2) is 8.02. The summed E-state index contributed by atoms with van der Waals surface area (Å²) in [5.41, 5.74) is 2.25. The molecule has 0 aromatic heterocycles. The largest absolute Gasteiger partial charge is 0.508 e. The molecule has 3 aromatic carbocycles. The van der Waals surface area contributed by atoms with Gasteiger partial charge in [0.1, 0.15) is 18.1 Å². The molecule has 0 bridgehead atoms. The molecular weight excluding hydrogens is 314 g/mol. The van der Waals surface area contributed by atoms with Gasteiger partial charge >= 0.3 is 0 Å². The van der Waals surface area contributed by atoms with Gasteiger partial charge in [0.2, 0.25) is 0 Å². The molecule has 0 fully saturated rings. The van der Waals surface area contributed by atoms with Crippen LogP contribution in [-0.4, -0.2) is 11.0 Å². The van der Waals surface area contributed by atoms with E-state index in [0.717, 1.165) is 5.56 Å². The van der Waals surface area contributed by atoms with E-state index < -0.39 is 0 Å². The molecule has 4 nitrogen and oxygen atoms in total. The van der Waals surface area contributed by atoms with Crippen molar-refractivity contribution < 1.29 is 14.6 Å². The van der Waals surface area contributed by atoms with Gasteiger partial charge in [0.15, 0.2) is 0 Å². The molecule has 0 atom stereocenters. The molecule has 0 aliphatic carbocycles. The summed E-state index contributed by atoms with van der Waals surface area (Å²) >= 11 is 0. The van der Waals surface area contributed by atoms with Gasteiger partial charge in [-0.15, -0.1) is 0 Å². The van der Waals surface area contributed by atoms with Crippen LogP contribution in [0, 0.1) is 0 Å². The van der Waals surface area contributed by atoms with Crippen molar-refractivity contribution in [3.8, 4) is 11.5 Å². The zero-order chi connectivity index (χ0) is 17.5. The summed E-state index contributed by atoms with van der Waals surface area (Å²) in [6.07, 6.45) is 0. The van der Waals surface area contributed by atoms with Crippen molar-refractivity contribution in [1.29, 1.82) is 0 Å². The van der Waals surface area contributed by atoms with Crippen molar-refractivity contribution in [3.05, 3.63) is 95.6 Å². The Morgan fingerprint density at radius 1 is 0.920 bits per heavy atom. The highest BCUT2D eigenvalue weighted by molar-refractivity contribution is 5.94. The number of phenols is 1. The summed E-state index contributed by atoms with van der Waals surface area (Å²) in [5.74, 6) is 0.593. The van der Waals surface area contributed by atoms with Crippen LogP contribution in [0.15, 0.2) is 78.9 Å². The van der Waals surface area contributed by atoms with Crippen molar-refractivity contribution in [1.82, 2.24) is 5.32 Å². The molecule has 25 heavy (non-hydrogen) atoms. The Labute approximate surface area is 146 Å². The van der Waals surface area contributed by atoms with Crippen LogP contribution in [0.3, 0.4) is 0 Å². The lowest BCUT2D eigenvalue weighted by Crippen LogP contribution is -2.22. The second-order valence-electron chi connectivity index (χ2n) is 5.61. The fraction of sp³-hybridized carbons (Fsp3) is 0.0952. The molecule has 0 saturated heterocycles. The Bertz CT molecular complexity index is 847. The predicted molar refractivity (Wildman–Crippen MR) is 96.5 cm³/mol. The van der Waals surface area contributed by atoms with E-state index in [1.807, 2.05) is 42.5 Å². The van der Waals surface area contributed by atoms with Crippen molar-refractivity contribution in [3.63, 3.8) is 0 Å². The third-order valence-electron chi connectivity index (χ3n) is 3.78. The van der Waals surface area contributed by atoms with Crippen LogP contribution in [0.2, 0.25) is 0 Å². The summed E-state index contributed by atoms with van der Waals surface area (Å²) in [4.78, 5) is 12.3. The SMILES string of the molecule is O=C(NCc1ccccc1O)c1cccc(OCc2ccccc2)c1. The maximum absolute atomic E-state index is 12.3. The lowest BCUT2D eigenvalue weighted by molar-refractivity contribution is 0.0950. The Morgan fingerprint density at radius 3 is 2.48 bits per heavy atom. The van der Waals surface area contributed by atoms with E-state index in [1.165, 1.54) is 0 Å². The molecule has 1 amide bonds. The molecule has 0 spiro atoms. The highest BCUT2D eigenvalue weighted by Gasteiger charge is 2.08. The van der Waals surface area contributed by atoms with Crippen molar-refractivity contribution in [2.45, 2.75) is 13.2 Å². The molecule has 2 N–H and O–H groups in total. The van der Waals surface area contributed by atoms with Gasteiger partial charge in [-0.25, -0.2) is 0 Å². The first-order chi connectivity index (χ1) is 12.2. The lowest BCUT2D eigenvalue weighted by atomic mass is 10.1. The van der Waals surface area contributed by atoms with E-state index in [1.54, 1.807) is 36.4 Å². The second-order valence-corrected chi connectivity index (χ2v) is 5.61. The molecule has 0 aliphatic rings. The molecule has 0 heterocycles. The lowest BCUT2D eigenvalue weighted by Gasteiger charge is -2.09. The van der Waals surface area contributed by atoms with Crippen LogP contribution in [0.1, 0.15) is 21.5 Å². The number of hydrogen-bond acceptors (Lipinski definition) is 3. The Morgan fingerprint density at radius 2 is 1.68 bits per heavy atom. The standard InChI is InChI=1S/C21H19NO3/c23-20-12-5-4-9-18(20)14-22-21(24)17-10-6-11-19(13-17)25-15-16-7-2-1-3-8-16/h1-13,23H,14-15H2,(H,22,24). The molecule has 0 radical (unpaired) electrons. The molecule has 3 rings (SSSR count). The van der Waals surface area contributed by atoms with E-state index >= 15 is 0 Å². The number of aromatic hydroxyl groups is 1. The third-order valence-corrected chi connectivity index (χ3v) is 3.78. The zero-order valence-corrected chi connectivity index (χ0v) is 13.7. The van der Waals surface area contributed by atoms with E-state index in [2.05, 4.69) is 5.32 Å². The maximum Gasteiger partial charge on any atom is 0.251 e. The maximum atomic E-state index is 12.3.